The number of hydrogen-bond acceptors (Lipinski definition) is 3. The van der Waals surface area contributed by atoms with E-state index in [1.54, 1.807) is 54.4 Å². The Morgan fingerprint density at radius 3 is 2.55 bits per heavy atom. The molecular weight excluding hydrogens is 455 g/mol. The van der Waals surface area contributed by atoms with Crippen LogP contribution in [0.25, 0.3) is 11.9 Å². The first-order valence-corrected chi connectivity index (χ1v) is 10.7. The molecule has 2 aliphatic heterocycles. The predicted molar refractivity (Wildman–Crippen MR) is 119 cm³/mol. The van der Waals surface area contributed by atoms with Crippen molar-refractivity contribution in [2.75, 3.05) is 26.2 Å². The largest absolute Gasteiger partial charge is 0.405 e. The Balaban J connectivity index is 1.40. The molecule has 4 rings (SSSR count). The number of hydrogen-bond donors (Lipinski definition) is 1. The van der Waals surface area contributed by atoms with Gasteiger partial charge in [0.15, 0.2) is 0 Å². The van der Waals surface area contributed by atoms with Crippen LogP contribution >= 0.6 is 11.6 Å². The van der Waals surface area contributed by atoms with Crippen LogP contribution in [0.2, 0.25) is 5.02 Å². The monoisotopic (exact) mass is 475 g/mol. The summed E-state index contributed by atoms with van der Waals surface area (Å²) in [6.07, 6.45) is -0.826. The number of alkyl halides is 3. The minimum absolute atomic E-state index is 0.0389. The van der Waals surface area contributed by atoms with E-state index in [1.807, 2.05) is 16.4 Å². The fourth-order valence-corrected chi connectivity index (χ4v) is 4.00. The molecule has 0 atom stereocenters. The van der Waals surface area contributed by atoms with Crippen molar-refractivity contribution in [3.63, 3.8) is 0 Å². The molecule has 33 heavy (non-hydrogen) atoms. The number of aryl methyl sites for hydroxylation is 1. The van der Waals surface area contributed by atoms with E-state index in [0.717, 1.165) is 5.22 Å². The molecule has 2 aromatic carbocycles. The number of carbonyl (C=O) groups is 2. The summed E-state index contributed by atoms with van der Waals surface area (Å²) in [5.74, 6) is -0.544. The molecule has 0 aromatic heterocycles. The predicted octanol–water partition coefficient (Wildman–Crippen LogP) is 2.66. The average molecular weight is 476 g/mol. The van der Waals surface area contributed by atoms with Gasteiger partial charge in [0, 0.05) is 64.5 Å². The van der Waals surface area contributed by atoms with E-state index in [0.29, 0.717) is 41.0 Å². The van der Waals surface area contributed by atoms with Crippen LogP contribution in [0.4, 0.5) is 13.2 Å². The number of rotatable bonds is 5. The molecule has 1 saturated heterocycles. The first kappa shape index (κ1) is 23.0. The number of nitrogens with one attached hydrogen (secondary N) is 1. The van der Waals surface area contributed by atoms with Gasteiger partial charge in [0.05, 0.1) is 0 Å². The van der Waals surface area contributed by atoms with Crippen molar-refractivity contribution in [2.45, 2.75) is 13.1 Å². The molecule has 0 radical (unpaired) electrons. The van der Waals surface area contributed by atoms with Gasteiger partial charge in [-0.15, -0.1) is 0 Å². The second kappa shape index (κ2) is 8.96. The van der Waals surface area contributed by atoms with E-state index in [-0.39, 0.29) is 17.4 Å². The number of likely N-dealkylation sites (tertiary alicyclic amines) is 1. The summed E-state index contributed by atoms with van der Waals surface area (Å²) < 4.78 is 37.3. The third-order valence-corrected chi connectivity index (χ3v) is 5.84. The lowest BCUT2D eigenvalue weighted by Gasteiger charge is -2.41. The van der Waals surface area contributed by atoms with Crippen molar-refractivity contribution in [2.24, 2.45) is 5.92 Å². The van der Waals surface area contributed by atoms with E-state index < -0.39 is 18.6 Å². The Labute approximate surface area is 193 Å². The lowest BCUT2D eigenvalue weighted by atomic mass is 9.98. The fourth-order valence-electron chi connectivity index (χ4n) is 3.87. The number of halogens is 4. The van der Waals surface area contributed by atoms with E-state index in [9.17, 15) is 22.8 Å². The van der Waals surface area contributed by atoms with Crippen LogP contribution in [0, 0.1) is 12.8 Å². The molecule has 0 aliphatic carbocycles. The number of nitrogens with zero attached hydrogens (tertiary/aromatic N) is 2. The molecule has 2 amide bonds. The zero-order valence-corrected chi connectivity index (χ0v) is 18.5. The second-order valence-electron chi connectivity index (χ2n) is 8.23. The van der Waals surface area contributed by atoms with Gasteiger partial charge in [-0.2, -0.15) is 13.2 Å². The van der Waals surface area contributed by atoms with Crippen LogP contribution in [0.3, 0.4) is 0 Å². The zero-order valence-electron chi connectivity index (χ0n) is 17.7. The maximum atomic E-state index is 12.5. The van der Waals surface area contributed by atoms with Gasteiger partial charge < -0.3 is 15.1 Å². The van der Waals surface area contributed by atoms with Gasteiger partial charge in [-0.05, 0) is 48.9 Å². The van der Waals surface area contributed by atoms with Gasteiger partial charge in [-0.3, -0.25) is 9.59 Å². The van der Waals surface area contributed by atoms with Crippen LogP contribution in [-0.2, 0) is 0 Å². The molecule has 0 unspecified atom stereocenters. The fraction of sp³-hybridized carbons (Fsp3) is 0.292. The summed E-state index contributed by atoms with van der Waals surface area (Å²) in [7, 11) is 0. The third-order valence-electron chi connectivity index (χ3n) is 5.59. The van der Waals surface area contributed by atoms with Crippen molar-refractivity contribution >= 4 is 35.3 Å². The molecule has 5 nitrogen and oxygen atoms in total. The Morgan fingerprint density at radius 1 is 1.18 bits per heavy atom. The minimum Gasteiger partial charge on any atom is -0.347 e. The molecule has 9 heteroatoms. The number of amides is 2. The number of benzene rings is 2. The van der Waals surface area contributed by atoms with Crippen LogP contribution in [0.15, 0.2) is 42.6 Å². The molecule has 1 fully saturated rings. The summed E-state index contributed by atoms with van der Waals surface area (Å²) in [6, 6.07) is 10.1. The Kier molecular flexibility index (Phi) is 6.23. The Morgan fingerprint density at radius 2 is 1.88 bits per heavy atom. The molecule has 0 bridgehead atoms. The maximum Gasteiger partial charge on any atom is 0.405 e. The molecule has 2 aromatic rings. The first-order valence-electron chi connectivity index (χ1n) is 10.3. The standard InChI is InChI=1S/C24H21ClF3N3O2/c1-15-8-18-6-7-30(13-19(18)9-21(15)22(32)29-14-24(26,27)28)10-16-11-31(12-16)23(33)17-2-4-20(25)5-3-17/h2-5,7-9,13,16H,10-12,14H2,1H3,(H,29,32). The van der Waals surface area contributed by atoms with Gasteiger partial charge >= 0.3 is 6.18 Å². The van der Waals surface area contributed by atoms with Crippen LogP contribution < -0.4 is 15.8 Å². The Hall–Kier alpha value is -3.22. The summed E-state index contributed by atoms with van der Waals surface area (Å²) >= 11 is 5.87. The molecule has 172 valence electrons. The molecular formula is C24H21ClF3N3O2. The van der Waals surface area contributed by atoms with Gasteiger partial charge in [0.2, 0.25) is 0 Å². The van der Waals surface area contributed by atoms with Gasteiger partial charge in [-0.1, -0.05) is 17.3 Å². The third kappa shape index (κ3) is 5.41. The maximum absolute atomic E-state index is 12.5. The van der Waals surface area contributed by atoms with E-state index >= 15 is 0 Å². The molecule has 2 aliphatic rings. The molecule has 2 heterocycles. The summed E-state index contributed by atoms with van der Waals surface area (Å²) in [6.45, 7) is 2.19. The van der Waals surface area contributed by atoms with Crippen molar-refractivity contribution in [1.29, 1.82) is 0 Å². The van der Waals surface area contributed by atoms with Crippen LogP contribution in [-0.4, -0.2) is 54.0 Å². The average Bonchev–Trinajstić information content (AvgIpc) is 2.73. The van der Waals surface area contributed by atoms with Gasteiger partial charge in [0.1, 0.15) is 6.54 Å². The molecule has 0 spiro atoms. The highest BCUT2D eigenvalue weighted by atomic mass is 35.5. The van der Waals surface area contributed by atoms with Crippen LogP contribution in [0.5, 0.6) is 0 Å². The van der Waals surface area contributed by atoms with Crippen LogP contribution in [0.1, 0.15) is 26.3 Å². The number of carbonyl (C=O) groups excluding carboxylic acids is 2. The highest BCUT2D eigenvalue weighted by molar-refractivity contribution is 6.30. The minimum atomic E-state index is -4.47. The molecule has 1 N–H and O–H groups in total. The van der Waals surface area contributed by atoms with Gasteiger partial charge in [0.25, 0.3) is 11.8 Å². The Bertz CT molecular complexity index is 1250. The topological polar surface area (TPSA) is 52.7 Å². The second-order valence-corrected chi connectivity index (χ2v) is 8.67. The summed E-state index contributed by atoms with van der Waals surface area (Å²) in [4.78, 5) is 28.4. The van der Waals surface area contributed by atoms with Crippen molar-refractivity contribution in [3.05, 3.63) is 74.7 Å². The van der Waals surface area contributed by atoms with Crippen molar-refractivity contribution in [1.82, 2.24) is 15.1 Å². The SMILES string of the molecule is Cc1cc2c(cc1C(=O)NCC(F)(F)F)=CN(CC1CN(C(=O)c3ccc(Cl)cc3)C1)C=C=2. The lowest BCUT2D eigenvalue weighted by molar-refractivity contribution is -0.123. The summed E-state index contributed by atoms with van der Waals surface area (Å²) in [5.41, 5.74) is 4.52. The quantitative estimate of drug-likeness (QED) is 0.723. The molecule has 0 saturated carbocycles. The highest BCUT2D eigenvalue weighted by Crippen LogP contribution is 2.21. The van der Waals surface area contributed by atoms with E-state index in [1.165, 1.54) is 0 Å². The lowest BCUT2D eigenvalue weighted by Crippen LogP contribution is -2.53. The number of fused-ring (bicyclic) bond motifs is 1. The normalized spacial score (nSPS) is 15.3. The van der Waals surface area contributed by atoms with E-state index in [2.05, 4.69) is 5.73 Å². The van der Waals surface area contributed by atoms with Gasteiger partial charge in [-0.25, -0.2) is 0 Å². The van der Waals surface area contributed by atoms with Crippen molar-refractivity contribution < 1.29 is 22.8 Å². The zero-order chi connectivity index (χ0) is 23.8. The van der Waals surface area contributed by atoms with Crippen molar-refractivity contribution in [3.8, 4) is 0 Å². The van der Waals surface area contributed by atoms with E-state index in [4.69, 9.17) is 11.6 Å². The summed E-state index contributed by atoms with van der Waals surface area (Å²) in [5, 5.41) is 3.96. The highest BCUT2D eigenvalue weighted by Gasteiger charge is 2.32. The first-order chi connectivity index (χ1) is 15.6. The smallest absolute Gasteiger partial charge is 0.347 e.